The zero-order chi connectivity index (χ0) is 21.6. The van der Waals surface area contributed by atoms with E-state index in [0.29, 0.717) is 16.8 Å². The van der Waals surface area contributed by atoms with Crippen molar-refractivity contribution in [2.75, 3.05) is 18.4 Å². The van der Waals surface area contributed by atoms with E-state index in [2.05, 4.69) is 44.4 Å². The highest BCUT2D eigenvalue weighted by Gasteiger charge is 2.19. The normalized spacial score (nSPS) is 14.2. The van der Waals surface area contributed by atoms with Gasteiger partial charge in [-0.15, -0.1) is 0 Å². The maximum atomic E-state index is 5.98. The molecule has 6 nitrogen and oxygen atoms in total. The van der Waals surface area contributed by atoms with E-state index in [1.807, 2.05) is 18.3 Å². The highest BCUT2D eigenvalue weighted by atomic mass is 35.5. The van der Waals surface area contributed by atoms with E-state index in [0.717, 1.165) is 48.4 Å². The standard InChI is InChI=1S/C24H24ClN5O/c1-3-17(2)30-9-7-21(8-10-30)29-22-11-18(13-26-16-22)19-14-27-24(28-15-19)31-23-6-4-5-20(25)12-23/h3-6,11-16,21,29H,1-2,7-10H2. The van der Waals surface area contributed by atoms with Crippen LogP contribution >= 0.6 is 11.6 Å². The Morgan fingerprint density at radius 3 is 2.58 bits per heavy atom. The number of ether oxygens (including phenoxy) is 1. The fourth-order valence-electron chi connectivity index (χ4n) is 3.51. The number of nitrogens with zero attached hydrogens (tertiary/aromatic N) is 4. The molecule has 1 aliphatic rings. The Labute approximate surface area is 187 Å². The largest absolute Gasteiger partial charge is 0.424 e. The van der Waals surface area contributed by atoms with E-state index in [9.17, 15) is 0 Å². The van der Waals surface area contributed by atoms with Gasteiger partial charge in [0.1, 0.15) is 5.75 Å². The van der Waals surface area contributed by atoms with Crippen LogP contribution in [-0.2, 0) is 0 Å². The molecule has 1 saturated heterocycles. The number of pyridine rings is 1. The van der Waals surface area contributed by atoms with Crippen molar-refractivity contribution in [3.63, 3.8) is 0 Å². The van der Waals surface area contributed by atoms with Gasteiger partial charge >= 0.3 is 6.01 Å². The molecule has 158 valence electrons. The number of aromatic nitrogens is 3. The lowest BCUT2D eigenvalue weighted by atomic mass is 10.0. The number of nitrogens with one attached hydrogen (secondary N) is 1. The summed E-state index contributed by atoms with van der Waals surface area (Å²) in [5, 5.41) is 4.19. The quantitative estimate of drug-likeness (QED) is 0.492. The van der Waals surface area contributed by atoms with Crippen molar-refractivity contribution in [2.24, 2.45) is 0 Å². The molecule has 0 aliphatic carbocycles. The number of hydrogen-bond donors (Lipinski definition) is 1. The minimum atomic E-state index is 0.265. The molecule has 2 aromatic heterocycles. The maximum Gasteiger partial charge on any atom is 0.321 e. The van der Waals surface area contributed by atoms with Crippen molar-refractivity contribution in [1.82, 2.24) is 19.9 Å². The summed E-state index contributed by atoms with van der Waals surface area (Å²) in [6.07, 6.45) is 11.0. The maximum absolute atomic E-state index is 5.98. The summed E-state index contributed by atoms with van der Waals surface area (Å²) in [5.74, 6) is 0.593. The van der Waals surface area contributed by atoms with Gasteiger partial charge in [-0.1, -0.05) is 30.8 Å². The summed E-state index contributed by atoms with van der Waals surface area (Å²) >= 11 is 5.98. The van der Waals surface area contributed by atoms with Gasteiger partial charge in [-0.2, -0.15) is 0 Å². The molecular weight excluding hydrogens is 410 g/mol. The molecule has 0 atom stereocenters. The highest BCUT2D eigenvalue weighted by Crippen LogP contribution is 2.25. The highest BCUT2D eigenvalue weighted by molar-refractivity contribution is 6.30. The number of rotatable bonds is 7. The van der Waals surface area contributed by atoms with Crippen LogP contribution in [0.15, 0.2) is 80.1 Å². The van der Waals surface area contributed by atoms with Crippen molar-refractivity contribution >= 4 is 17.3 Å². The fraction of sp³-hybridized carbons (Fsp3) is 0.208. The van der Waals surface area contributed by atoms with Crippen molar-refractivity contribution < 1.29 is 4.74 Å². The smallest absolute Gasteiger partial charge is 0.321 e. The van der Waals surface area contributed by atoms with Crippen molar-refractivity contribution in [3.05, 3.63) is 85.1 Å². The molecule has 0 amide bonds. The third-order valence-electron chi connectivity index (χ3n) is 5.21. The lowest BCUT2D eigenvalue weighted by molar-refractivity contribution is 0.280. The van der Waals surface area contributed by atoms with Crippen LogP contribution in [0.5, 0.6) is 11.8 Å². The van der Waals surface area contributed by atoms with E-state index in [4.69, 9.17) is 16.3 Å². The predicted molar refractivity (Wildman–Crippen MR) is 124 cm³/mol. The Bertz CT molecular complexity index is 1060. The molecule has 1 aliphatic heterocycles. The number of likely N-dealkylation sites (tertiary alicyclic amines) is 1. The van der Waals surface area contributed by atoms with E-state index in [-0.39, 0.29) is 6.01 Å². The molecule has 3 heterocycles. The summed E-state index contributed by atoms with van der Waals surface area (Å²) in [6, 6.07) is 9.86. The van der Waals surface area contributed by atoms with Gasteiger partial charge in [0.15, 0.2) is 0 Å². The Hall–Kier alpha value is -3.38. The molecule has 1 aromatic carbocycles. The first kappa shape index (κ1) is 20.9. The van der Waals surface area contributed by atoms with E-state index < -0.39 is 0 Å². The van der Waals surface area contributed by atoms with Crippen LogP contribution in [-0.4, -0.2) is 39.0 Å². The molecule has 0 unspecified atom stereocenters. The molecule has 1 fully saturated rings. The monoisotopic (exact) mass is 433 g/mol. The first-order chi connectivity index (χ1) is 15.1. The summed E-state index contributed by atoms with van der Waals surface area (Å²) in [5.41, 5.74) is 3.78. The Balaban J connectivity index is 1.39. The molecule has 7 heteroatoms. The molecule has 0 saturated carbocycles. The van der Waals surface area contributed by atoms with Crippen LogP contribution in [0.3, 0.4) is 0 Å². The van der Waals surface area contributed by atoms with Gasteiger partial charge in [0.2, 0.25) is 0 Å². The first-order valence-corrected chi connectivity index (χ1v) is 10.5. The summed E-state index contributed by atoms with van der Waals surface area (Å²) in [7, 11) is 0. The molecule has 3 aromatic rings. The van der Waals surface area contributed by atoms with Crippen molar-refractivity contribution in [1.29, 1.82) is 0 Å². The van der Waals surface area contributed by atoms with Gasteiger partial charge in [-0.25, -0.2) is 9.97 Å². The third-order valence-corrected chi connectivity index (χ3v) is 5.45. The molecule has 0 bridgehead atoms. The Kier molecular flexibility index (Phi) is 6.48. The van der Waals surface area contributed by atoms with Crippen molar-refractivity contribution in [3.8, 4) is 22.9 Å². The van der Waals surface area contributed by atoms with Gasteiger partial charge in [-0.3, -0.25) is 4.98 Å². The van der Waals surface area contributed by atoms with Crippen LogP contribution in [0, 0.1) is 0 Å². The topological polar surface area (TPSA) is 63.2 Å². The Morgan fingerprint density at radius 2 is 1.87 bits per heavy atom. The summed E-state index contributed by atoms with van der Waals surface area (Å²) < 4.78 is 5.66. The summed E-state index contributed by atoms with van der Waals surface area (Å²) in [6.45, 7) is 9.78. The minimum absolute atomic E-state index is 0.265. The second-order valence-corrected chi connectivity index (χ2v) is 7.81. The second-order valence-electron chi connectivity index (χ2n) is 7.38. The number of halogens is 1. The number of piperidine rings is 1. The van der Waals surface area contributed by atoms with Crippen LogP contribution in [0.1, 0.15) is 12.8 Å². The first-order valence-electron chi connectivity index (χ1n) is 10.1. The average Bonchev–Trinajstić information content (AvgIpc) is 2.80. The van der Waals surface area contributed by atoms with Crippen LogP contribution in [0.2, 0.25) is 5.02 Å². The van der Waals surface area contributed by atoms with Gasteiger partial charge in [0, 0.05) is 65.8 Å². The number of anilines is 1. The lowest BCUT2D eigenvalue weighted by Gasteiger charge is -2.34. The number of benzene rings is 1. The van der Waals surface area contributed by atoms with Gasteiger partial charge in [-0.05, 0) is 43.2 Å². The molecular formula is C24H24ClN5O. The SMILES string of the molecule is C=CC(=C)N1CCC(Nc2cncc(-c3cnc(Oc4cccc(Cl)c4)nc3)c2)CC1. The minimum Gasteiger partial charge on any atom is -0.424 e. The van der Waals surface area contributed by atoms with E-state index in [1.165, 1.54) is 0 Å². The molecule has 31 heavy (non-hydrogen) atoms. The second kappa shape index (κ2) is 9.62. The fourth-order valence-corrected chi connectivity index (χ4v) is 3.69. The van der Waals surface area contributed by atoms with Crippen LogP contribution in [0.25, 0.3) is 11.1 Å². The van der Waals surface area contributed by atoms with Crippen LogP contribution in [0.4, 0.5) is 5.69 Å². The molecule has 0 radical (unpaired) electrons. The number of allylic oxidation sites excluding steroid dienone is 1. The lowest BCUT2D eigenvalue weighted by Crippen LogP contribution is -2.38. The predicted octanol–water partition coefficient (Wildman–Crippen LogP) is 5.56. The van der Waals surface area contributed by atoms with Crippen molar-refractivity contribution in [2.45, 2.75) is 18.9 Å². The number of hydrogen-bond acceptors (Lipinski definition) is 6. The van der Waals surface area contributed by atoms with Crippen LogP contribution < -0.4 is 10.1 Å². The Morgan fingerprint density at radius 1 is 1.10 bits per heavy atom. The molecule has 1 N–H and O–H groups in total. The zero-order valence-electron chi connectivity index (χ0n) is 17.2. The van der Waals surface area contributed by atoms with Gasteiger partial charge in [0.05, 0.1) is 5.69 Å². The van der Waals surface area contributed by atoms with Gasteiger partial charge in [0.25, 0.3) is 0 Å². The third kappa shape index (κ3) is 5.41. The summed E-state index contributed by atoms with van der Waals surface area (Å²) in [4.78, 5) is 15.3. The van der Waals surface area contributed by atoms with Gasteiger partial charge < -0.3 is 15.0 Å². The molecule has 4 rings (SSSR count). The molecule has 0 spiro atoms. The zero-order valence-corrected chi connectivity index (χ0v) is 17.9. The van der Waals surface area contributed by atoms with E-state index >= 15 is 0 Å². The average molecular weight is 434 g/mol. The van der Waals surface area contributed by atoms with E-state index in [1.54, 1.807) is 36.8 Å².